The Morgan fingerprint density at radius 1 is 1.50 bits per heavy atom. The van der Waals surface area contributed by atoms with E-state index in [0.717, 1.165) is 12.1 Å². The predicted octanol–water partition coefficient (Wildman–Crippen LogP) is 1.33. The van der Waals surface area contributed by atoms with Crippen molar-refractivity contribution in [2.45, 2.75) is 0 Å². The van der Waals surface area contributed by atoms with E-state index in [2.05, 4.69) is 10.1 Å². The third-order valence-electron chi connectivity index (χ3n) is 2.12. The van der Waals surface area contributed by atoms with E-state index in [1.807, 2.05) is 0 Å². The number of ether oxygens (including phenoxy) is 2. The first-order chi connectivity index (χ1) is 8.49. The molecule has 0 radical (unpaired) electrons. The summed E-state index contributed by atoms with van der Waals surface area (Å²) in [5.74, 6) is -1.62. The van der Waals surface area contributed by atoms with Crippen LogP contribution in [0.2, 0.25) is 0 Å². The zero-order chi connectivity index (χ0) is 13.7. The van der Waals surface area contributed by atoms with Gasteiger partial charge in [-0.15, -0.1) is 0 Å². The first kappa shape index (κ1) is 13.7. The standard InChI is InChI=1S/C10H11FN2O5/c1-17-9-4-7(12-5-10(14)18-2)8(13(15)16)3-6(9)11/h3-4,12H,5H2,1-2H3. The Bertz CT molecular complexity index is 478. The van der Waals surface area contributed by atoms with Crippen LogP contribution in [0.25, 0.3) is 0 Å². The quantitative estimate of drug-likeness (QED) is 0.486. The number of nitrogens with one attached hydrogen (secondary N) is 1. The zero-order valence-electron chi connectivity index (χ0n) is 9.73. The van der Waals surface area contributed by atoms with Crippen molar-refractivity contribution < 1.29 is 23.6 Å². The van der Waals surface area contributed by atoms with Crippen LogP contribution >= 0.6 is 0 Å². The fourth-order valence-electron chi connectivity index (χ4n) is 1.23. The number of anilines is 1. The monoisotopic (exact) mass is 258 g/mol. The maximum atomic E-state index is 13.3. The molecule has 0 aliphatic rings. The molecule has 1 aromatic rings. The van der Waals surface area contributed by atoms with Crippen molar-refractivity contribution >= 4 is 17.3 Å². The fraction of sp³-hybridized carbons (Fsp3) is 0.300. The third-order valence-corrected chi connectivity index (χ3v) is 2.12. The zero-order valence-corrected chi connectivity index (χ0v) is 9.73. The van der Waals surface area contributed by atoms with Gasteiger partial charge in [-0.1, -0.05) is 0 Å². The van der Waals surface area contributed by atoms with Crippen molar-refractivity contribution in [3.05, 3.63) is 28.1 Å². The number of hydrogen-bond donors (Lipinski definition) is 1. The fourth-order valence-corrected chi connectivity index (χ4v) is 1.23. The largest absolute Gasteiger partial charge is 0.494 e. The SMILES string of the molecule is COC(=O)CNc1cc(OC)c(F)cc1[N+](=O)[O-]. The van der Waals surface area contributed by atoms with Gasteiger partial charge in [-0.05, 0) is 0 Å². The summed E-state index contributed by atoms with van der Waals surface area (Å²) in [7, 11) is 2.41. The van der Waals surface area contributed by atoms with Crippen LogP contribution in [0.1, 0.15) is 0 Å². The average molecular weight is 258 g/mol. The number of nitro benzene ring substituents is 1. The molecule has 98 valence electrons. The summed E-state index contributed by atoms with van der Waals surface area (Å²) in [6.45, 7) is -0.272. The van der Waals surface area contributed by atoms with E-state index in [0.29, 0.717) is 0 Å². The molecule has 0 aliphatic heterocycles. The molecule has 0 fully saturated rings. The van der Waals surface area contributed by atoms with Crippen molar-refractivity contribution in [2.75, 3.05) is 26.1 Å². The van der Waals surface area contributed by atoms with Gasteiger partial charge in [0, 0.05) is 6.07 Å². The van der Waals surface area contributed by atoms with Crippen molar-refractivity contribution in [3.63, 3.8) is 0 Å². The minimum atomic E-state index is -0.854. The van der Waals surface area contributed by atoms with Gasteiger partial charge in [0.1, 0.15) is 12.2 Å². The summed E-state index contributed by atoms with van der Waals surface area (Å²) >= 11 is 0. The van der Waals surface area contributed by atoms with Gasteiger partial charge < -0.3 is 14.8 Å². The second-order valence-corrected chi connectivity index (χ2v) is 3.19. The lowest BCUT2D eigenvalue weighted by atomic mass is 10.2. The maximum Gasteiger partial charge on any atom is 0.325 e. The Hall–Kier alpha value is -2.38. The lowest BCUT2D eigenvalue weighted by Crippen LogP contribution is -2.16. The van der Waals surface area contributed by atoms with Gasteiger partial charge in [-0.2, -0.15) is 0 Å². The first-order valence-electron chi connectivity index (χ1n) is 4.82. The Balaban J connectivity index is 3.06. The van der Waals surface area contributed by atoms with Crippen LogP contribution in [0.3, 0.4) is 0 Å². The predicted molar refractivity (Wildman–Crippen MR) is 60.1 cm³/mol. The molecule has 0 atom stereocenters. The number of nitro groups is 1. The van der Waals surface area contributed by atoms with E-state index in [9.17, 15) is 19.3 Å². The number of benzene rings is 1. The minimum Gasteiger partial charge on any atom is -0.494 e. The Kier molecular flexibility index (Phi) is 4.41. The molecule has 7 nitrogen and oxygen atoms in total. The Labute approximate surface area is 102 Å². The molecule has 0 aliphatic carbocycles. The molecule has 0 unspecified atom stereocenters. The topological polar surface area (TPSA) is 90.7 Å². The highest BCUT2D eigenvalue weighted by Gasteiger charge is 2.19. The third kappa shape index (κ3) is 3.06. The summed E-state index contributed by atoms with van der Waals surface area (Å²) in [5.41, 5.74) is -0.513. The molecule has 0 saturated carbocycles. The summed E-state index contributed by atoms with van der Waals surface area (Å²) in [6, 6.07) is 1.83. The van der Waals surface area contributed by atoms with E-state index < -0.39 is 22.4 Å². The molecule has 1 aromatic carbocycles. The van der Waals surface area contributed by atoms with Gasteiger partial charge in [-0.3, -0.25) is 14.9 Å². The summed E-state index contributed by atoms with van der Waals surface area (Å²) in [4.78, 5) is 20.9. The van der Waals surface area contributed by atoms with E-state index >= 15 is 0 Å². The molecule has 1 N–H and O–H groups in total. The number of rotatable bonds is 5. The van der Waals surface area contributed by atoms with Crippen molar-refractivity contribution in [3.8, 4) is 5.75 Å². The van der Waals surface area contributed by atoms with E-state index in [4.69, 9.17) is 4.74 Å². The highest BCUT2D eigenvalue weighted by molar-refractivity contribution is 5.77. The van der Waals surface area contributed by atoms with Crippen LogP contribution in [0.5, 0.6) is 5.75 Å². The van der Waals surface area contributed by atoms with Crippen LogP contribution < -0.4 is 10.1 Å². The highest BCUT2D eigenvalue weighted by atomic mass is 19.1. The molecule has 1 rings (SSSR count). The van der Waals surface area contributed by atoms with Crippen molar-refractivity contribution in [1.82, 2.24) is 0 Å². The number of methoxy groups -OCH3 is 2. The van der Waals surface area contributed by atoms with Crippen LogP contribution in [0, 0.1) is 15.9 Å². The molecule has 18 heavy (non-hydrogen) atoms. The molecular formula is C10H11FN2O5. The highest BCUT2D eigenvalue weighted by Crippen LogP contribution is 2.31. The molecule has 0 heterocycles. The Morgan fingerprint density at radius 2 is 2.17 bits per heavy atom. The van der Waals surface area contributed by atoms with E-state index in [1.165, 1.54) is 14.2 Å². The minimum absolute atomic E-state index is 0.0244. The number of hydrogen-bond acceptors (Lipinski definition) is 6. The second-order valence-electron chi connectivity index (χ2n) is 3.19. The molecule has 0 saturated heterocycles. The van der Waals surface area contributed by atoms with Gasteiger partial charge >= 0.3 is 5.97 Å². The van der Waals surface area contributed by atoms with Crippen LogP contribution in [0.15, 0.2) is 12.1 Å². The first-order valence-corrected chi connectivity index (χ1v) is 4.82. The number of esters is 1. The molecule has 0 aromatic heterocycles. The smallest absolute Gasteiger partial charge is 0.325 e. The molecule has 0 bridgehead atoms. The summed E-state index contributed by atoms with van der Waals surface area (Å²) in [6.07, 6.45) is 0. The number of carbonyl (C=O) groups excluding carboxylic acids is 1. The number of halogens is 1. The number of carbonyl (C=O) groups is 1. The van der Waals surface area contributed by atoms with Gasteiger partial charge in [-0.25, -0.2) is 4.39 Å². The summed E-state index contributed by atoms with van der Waals surface area (Å²) < 4.78 is 22.4. The normalized spacial score (nSPS) is 9.72. The average Bonchev–Trinajstić information content (AvgIpc) is 2.36. The summed E-state index contributed by atoms with van der Waals surface area (Å²) in [5, 5.41) is 13.2. The van der Waals surface area contributed by atoms with Crippen LogP contribution in [0.4, 0.5) is 15.8 Å². The lowest BCUT2D eigenvalue weighted by molar-refractivity contribution is -0.384. The molecular weight excluding hydrogens is 247 g/mol. The van der Waals surface area contributed by atoms with Crippen LogP contribution in [-0.2, 0) is 9.53 Å². The number of nitrogens with zero attached hydrogens (tertiary/aromatic N) is 1. The molecule has 8 heteroatoms. The van der Waals surface area contributed by atoms with Gasteiger partial charge in [0.05, 0.1) is 25.2 Å². The van der Waals surface area contributed by atoms with Gasteiger partial charge in [0.15, 0.2) is 11.6 Å². The molecule has 0 spiro atoms. The van der Waals surface area contributed by atoms with E-state index in [1.54, 1.807) is 0 Å². The van der Waals surface area contributed by atoms with Gasteiger partial charge in [0.25, 0.3) is 5.69 Å². The molecule has 0 amide bonds. The second kappa shape index (κ2) is 5.80. The van der Waals surface area contributed by atoms with Gasteiger partial charge in [0.2, 0.25) is 0 Å². The van der Waals surface area contributed by atoms with Crippen molar-refractivity contribution in [2.24, 2.45) is 0 Å². The Morgan fingerprint density at radius 3 is 2.67 bits per heavy atom. The van der Waals surface area contributed by atoms with E-state index in [-0.39, 0.29) is 18.0 Å². The van der Waals surface area contributed by atoms with Crippen LogP contribution in [-0.4, -0.2) is 31.7 Å². The lowest BCUT2D eigenvalue weighted by Gasteiger charge is -2.08. The maximum absolute atomic E-state index is 13.3. The van der Waals surface area contributed by atoms with Crippen molar-refractivity contribution in [1.29, 1.82) is 0 Å².